The minimum Gasteiger partial charge on any atom is -0.550 e. The first-order valence-electron chi connectivity index (χ1n) is 6.28. The molecule has 2 heterocycles. The van der Waals surface area contributed by atoms with Crippen molar-refractivity contribution < 1.29 is 29.0 Å². The SMILES string of the molecule is O=C([O-])C[C@@H](C(=O)[O-])N1C(=O)/C(=C\C=C\c2ccco2)SC1=S. The standard InChI is InChI=1S/C14H11NO6S2/c16-11(17)7-9(13(19)20)15-12(18)10(23-14(15)22)5-1-3-8-4-2-6-21-8/h1-6,9H,7H2,(H,16,17)(H,19,20)/p-2/b3-1+,10-5+/t9-/m0/s1. The third-order valence-corrected chi connectivity index (χ3v) is 4.17. The molecule has 23 heavy (non-hydrogen) atoms. The highest BCUT2D eigenvalue weighted by atomic mass is 32.2. The Morgan fingerprint density at radius 3 is 2.74 bits per heavy atom. The number of thiocarbonyl (C=S) groups is 1. The van der Waals surface area contributed by atoms with E-state index in [-0.39, 0.29) is 9.23 Å². The van der Waals surface area contributed by atoms with Crippen molar-refractivity contribution in [1.82, 2.24) is 4.90 Å². The van der Waals surface area contributed by atoms with Crippen LogP contribution in [0.25, 0.3) is 6.08 Å². The van der Waals surface area contributed by atoms with E-state index < -0.39 is 30.3 Å². The van der Waals surface area contributed by atoms with Crippen LogP contribution in [0, 0.1) is 0 Å². The lowest BCUT2D eigenvalue weighted by Crippen LogP contribution is -2.52. The lowest BCUT2D eigenvalue weighted by Gasteiger charge is -2.27. The van der Waals surface area contributed by atoms with Crippen molar-refractivity contribution >= 4 is 52.2 Å². The van der Waals surface area contributed by atoms with Crippen LogP contribution in [0.4, 0.5) is 0 Å². The number of carboxylic acid groups (broad SMARTS) is 2. The van der Waals surface area contributed by atoms with Gasteiger partial charge in [0.1, 0.15) is 10.1 Å². The largest absolute Gasteiger partial charge is 0.550 e. The molecule has 2 rings (SSSR count). The predicted molar refractivity (Wildman–Crippen MR) is 81.3 cm³/mol. The zero-order chi connectivity index (χ0) is 17.0. The maximum Gasteiger partial charge on any atom is 0.266 e. The molecule has 0 unspecified atom stereocenters. The molecule has 0 saturated carbocycles. The third kappa shape index (κ3) is 4.08. The number of hydrogen-bond donors (Lipinski definition) is 0. The van der Waals surface area contributed by atoms with Gasteiger partial charge >= 0.3 is 0 Å². The Balaban J connectivity index is 2.18. The fraction of sp³-hybridized carbons (Fsp3) is 0.143. The zero-order valence-corrected chi connectivity index (χ0v) is 13.1. The Hall–Kier alpha value is -2.39. The Morgan fingerprint density at radius 2 is 2.17 bits per heavy atom. The number of carbonyl (C=O) groups excluding carboxylic acids is 3. The van der Waals surface area contributed by atoms with Gasteiger partial charge < -0.3 is 24.2 Å². The molecular formula is C14H9NO6S2-2. The summed E-state index contributed by atoms with van der Waals surface area (Å²) in [5, 5.41) is 21.7. The molecule has 9 heteroatoms. The van der Waals surface area contributed by atoms with Crippen LogP contribution < -0.4 is 10.2 Å². The number of nitrogens with zero attached hydrogens (tertiary/aromatic N) is 1. The van der Waals surface area contributed by atoms with Crippen LogP contribution in [0.3, 0.4) is 0 Å². The third-order valence-electron chi connectivity index (χ3n) is 2.82. The molecule has 7 nitrogen and oxygen atoms in total. The van der Waals surface area contributed by atoms with Crippen LogP contribution in [-0.4, -0.2) is 33.1 Å². The number of thioether (sulfide) groups is 1. The van der Waals surface area contributed by atoms with Crippen molar-refractivity contribution in [3.8, 4) is 0 Å². The first kappa shape index (κ1) is 17.0. The molecule has 1 atom stereocenters. The molecule has 0 radical (unpaired) electrons. The molecule has 1 fully saturated rings. The summed E-state index contributed by atoms with van der Waals surface area (Å²) < 4.78 is 5.03. The van der Waals surface area contributed by atoms with Crippen LogP contribution in [-0.2, 0) is 14.4 Å². The number of amides is 1. The van der Waals surface area contributed by atoms with Crippen LogP contribution in [0.15, 0.2) is 39.9 Å². The molecule has 1 aromatic rings. The molecule has 0 aliphatic carbocycles. The maximum atomic E-state index is 12.2. The van der Waals surface area contributed by atoms with Crippen LogP contribution in [0.1, 0.15) is 12.2 Å². The number of carboxylic acids is 2. The van der Waals surface area contributed by atoms with E-state index in [1.165, 1.54) is 18.4 Å². The highest BCUT2D eigenvalue weighted by Crippen LogP contribution is 2.33. The summed E-state index contributed by atoms with van der Waals surface area (Å²) in [5.74, 6) is -3.45. The summed E-state index contributed by atoms with van der Waals surface area (Å²) in [6, 6.07) is 1.71. The second kappa shape index (κ2) is 7.25. The van der Waals surface area contributed by atoms with Gasteiger partial charge in [0.25, 0.3) is 5.91 Å². The zero-order valence-electron chi connectivity index (χ0n) is 11.5. The van der Waals surface area contributed by atoms with E-state index >= 15 is 0 Å². The fourth-order valence-corrected chi connectivity index (χ4v) is 3.13. The van der Waals surface area contributed by atoms with Crippen molar-refractivity contribution in [2.24, 2.45) is 0 Å². The molecule has 1 amide bonds. The molecule has 1 aromatic heterocycles. The molecule has 0 bridgehead atoms. The van der Waals surface area contributed by atoms with Gasteiger partial charge in [-0.15, -0.1) is 0 Å². The van der Waals surface area contributed by atoms with E-state index in [1.54, 1.807) is 18.2 Å². The van der Waals surface area contributed by atoms with Gasteiger partial charge in [-0.3, -0.25) is 9.69 Å². The lowest BCUT2D eigenvalue weighted by molar-refractivity contribution is -0.319. The van der Waals surface area contributed by atoms with E-state index in [9.17, 15) is 24.6 Å². The first-order chi connectivity index (χ1) is 10.9. The molecule has 120 valence electrons. The van der Waals surface area contributed by atoms with Gasteiger partial charge in [-0.1, -0.05) is 30.1 Å². The number of allylic oxidation sites excluding steroid dienone is 2. The fourth-order valence-electron chi connectivity index (χ4n) is 1.82. The van der Waals surface area contributed by atoms with Crippen molar-refractivity contribution in [3.63, 3.8) is 0 Å². The van der Waals surface area contributed by atoms with Crippen LogP contribution in [0.5, 0.6) is 0 Å². The minimum absolute atomic E-state index is 0.0527. The summed E-state index contributed by atoms with van der Waals surface area (Å²) in [6.07, 6.45) is 5.17. The Bertz CT molecular complexity index is 707. The summed E-state index contributed by atoms with van der Waals surface area (Å²) >= 11 is 5.83. The van der Waals surface area contributed by atoms with Crippen molar-refractivity contribution in [3.05, 3.63) is 41.2 Å². The van der Waals surface area contributed by atoms with Crippen LogP contribution in [0.2, 0.25) is 0 Å². The van der Waals surface area contributed by atoms with Gasteiger partial charge in [-0.25, -0.2) is 0 Å². The van der Waals surface area contributed by atoms with Crippen molar-refractivity contribution in [1.29, 1.82) is 0 Å². The van der Waals surface area contributed by atoms with E-state index in [2.05, 4.69) is 0 Å². The van der Waals surface area contributed by atoms with E-state index in [1.807, 2.05) is 0 Å². The quantitative estimate of drug-likeness (QED) is 0.488. The van der Waals surface area contributed by atoms with Crippen molar-refractivity contribution in [2.75, 3.05) is 0 Å². The number of furan rings is 1. The van der Waals surface area contributed by atoms with Crippen LogP contribution >= 0.6 is 24.0 Å². The smallest absolute Gasteiger partial charge is 0.266 e. The van der Waals surface area contributed by atoms with Gasteiger partial charge in [0.15, 0.2) is 0 Å². The average molecular weight is 351 g/mol. The second-order valence-corrected chi connectivity index (χ2v) is 6.04. The van der Waals surface area contributed by atoms with Crippen molar-refractivity contribution in [2.45, 2.75) is 12.5 Å². The monoisotopic (exact) mass is 351 g/mol. The molecule has 1 aliphatic rings. The Kier molecular flexibility index (Phi) is 5.35. The molecule has 1 saturated heterocycles. The second-order valence-electron chi connectivity index (χ2n) is 4.36. The topological polar surface area (TPSA) is 114 Å². The van der Waals surface area contributed by atoms with Gasteiger partial charge in [0, 0.05) is 12.4 Å². The van der Waals surface area contributed by atoms with Gasteiger partial charge in [-0.2, -0.15) is 0 Å². The molecule has 0 spiro atoms. The normalized spacial score (nSPS) is 18.1. The molecule has 0 N–H and O–H groups in total. The lowest BCUT2D eigenvalue weighted by atomic mass is 10.2. The summed E-state index contributed by atoms with van der Waals surface area (Å²) in [5.41, 5.74) is 0. The van der Waals surface area contributed by atoms with E-state index in [4.69, 9.17) is 16.6 Å². The summed E-state index contributed by atoms with van der Waals surface area (Å²) in [4.78, 5) is 34.8. The predicted octanol–water partition coefficient (Wildman–Crippen LogP) is -0.704. The Labute approximate surface area is 140 Å². The summed E-state index contributed by atoms with van der Waals surface area (Å²) in [6.45, 7) is 0. The Morgan fingerprint density at radius 1 is 1.43 bits per heavy atom. The molecular weight excluding hydrogens is 342 g/mol. The average Bonchev–Trinajstić information content (AvgIpc) is 3.06. The minimum atomic E-state index is -1.71. The molecule has 0 aromatic carbocycles. The molecule has 1 aliphatic heterocycles. The van der Waals surface area contributed by atoms with E-state index in [0.29, 0.717) is 5.76 Å². The van der Waals surface area contributed by atoms with E-state index in [0.717, 1.165) is 16.7 Å². The van der Waals surface area contributed by atoms with Gasteiger partial charge in [0.2, 0.25) is 0 Å². The summed E-state index contributed by atoms with van der Waals surface area (Å²) in [7, 11) is 0. The number of aliphatic carboxylic acids is 2. The highest BCUT2D eigenvalue weighted by molar-refractivity contribution is 8.26. The maximum absolute atomic E-state index is 12.2. The van der Waals surface area contributed by atoms with Gasteiger partial charge in [-0.05, 0) is 24.3 Å². The number of hydrogen-bond acceptors (Lipinski definition) is 8. The first-order valence-corrected chi connectivity index (χ1v) is 7.50. The number of rotatable bonds is 6. The number of carbonyl (C=O) groups is 3. The highest BCUT2D eigenvalue weighted by Gasteiger charge is 2.37. The van der Waals surface area contributed by atoms with Gasteiger partial charge in [0.05, 0.1) is 23.2 Å².